The van der Waals surface area contributed by atoms with Crippen molar-refractivity contribution in [3.8, 4) is 5.75 Å². The van der Waals surface area contributed by atoms with Crippen molar-refractivity contribution in [2.75, 3.05) is 13.2 Å². The van der Waals surface area contributed by atoms with Crippen LogP contribution in [0, 0.1) is 0 Å². The van der Waals surface area contributed by atoms with Crippen molar-refractivity contribution in [3.63, 3.8) is 0 Å². The molecule has 17 heavy (non-hydrogen) atoms. The Morgan fingerprint density at radius 1 is 1.35 bits per heavy atom. The molecule has 0 spiro atoms. The molecule has 1 atom stereocenters. The van der Waals surface area contributed by atoms with E-state index in [4.69, 9.17) is 9.57 Å². The van der Waals surface area contributed by atoms with E-state index in [1.165, 1.54) is 5.56 Å². The fourth-order valence-corrected chi connectivity index (χ4v) is 1.99. The predicted octanol–water partition coefficient (Wildman–Crippen LogP) is 2.87. The summed E-state index contributed by atoms with van der Waals surface area (Å²) in [7, 11) is 0. The number of hydroxylamine groups is 1. The average Bonchev–Trinajstić information content (AvgIpc) is 2.28. The molecule has 0 saturated carbocycles. The van der Waals surface area contributed by atoms with Crippen LogP contribution in [-0.2, 0) is 4.84 Å². The first-order valence-corrected chi connectivity index (χ1v) is 6.19. The maximum absolute atomic E-state index is 5.63. The van der Waals surface area contributed by atoms with E-state index >= 15 is 0 Å². The van der Waals surface area contributed by atoms with Gasteiger partial charge in [0, 0.05) is 12.5 Å². The largest absolute Gasteiger partial charge is 0.493 e. The lowest BCUT2D eigenvalue weighted by Gasteiger charge is -2.27. The SMILES string of the molecule is CC(C)(C)ONCC1CCOc2ccccc21. The zero-order valence-electron chi connectivity index (χ0n) is 10.8. The molecule has 3 nitrogen and oxygen atoms in total. The molecular weight excluding hydrogens is 214 g/mol. The highest BCUT2D eigenvalue weighted by Crippen LogP contribution is 2.32. The zero-order chi connectivity index (χ0) is 12.3. The number of para-hydroxylation sites is 1. The summed E-state index contributed by atoms with van der Waals surface area (Å²) in [4.78, 5) is 5.56. The monoisotopic (exact) mass is 235 g/mol. The second kappa shape index (κ2) is 5.07. The quantitative estimate of drug-likeness (QED) is 0.817. The van der Waals surface area contributed by atoms with Crippen LogP contribution < -0.4 is 10.2 Å². The van der Waals surface area contributed by atoms with Gasteiger partial charge in [-0.05, 0) is 38.8 Å². The molecule has 1 unspecified atom stereocenters. The molecule has 0 fully saturated rings. The molecule has 0 amide bonds. The average molecular weight is 235 g/mol. The van der Waals surface area contributed by atoms with Gasteiger partial charge in [-0.3, -0.25) is 4.84 Å². The molecular formula is C14H21NO2. The van der Waals surface area contributed by atoms with Gasteiger partial charge in [0.1, 0.15) is 5.75 Å². The van der Waals surface area contributed by atoms with Gasteiger partial charge in [-0.1, -0.05) is 18.2 Å². The number of fused-ring (bicyclic) bond motifs is 1. The highest BCUT2D eigenvalue weighted by molar-refractivity contribution is 5.37. The highest BCUT2D eigenvalue weighted by Gasteiger charge is 2.21. The highest BCUT2D eigenvalue weighted by atomic mass is 16.7. The Kier molecular flexibility index (Phi) is 3.69. The number of hydrogen-bond acceptors (Lipinski definition) is 3. The molecule has 94 valence electrons. The molecule has 0 bridgehead atoms. The lowest BCUT2D eigenvalue weighted by Crippen LogP contribution is -2.33. The van der Waals surface area contributed by atoms with Gasteiger partial charge in [-0.2, -0.15) is 0 Å². The van der Waals surface area contributed by atoms with Crippen LogP contribution in [0.1, 0.15) is 38.7 Å². The van der Waals surface area contributed by atoms with E-state index in [0.29, 0.717) is 5.92 Å². The Balaban J connectivity index is 1.95. The van der Waals surface area contributed by atoms with E-state index < -0.39 is 0 Å². The molecule has 1 aliphatic rings. The Bertz CT molecular complexity index is 371. The summed E-state index contributed by atoms with van der Waals surface area (Å²) in [5.74, 6) is 1.49. The summed E-state index contributed by atoms with van der Waals surface area (Å²) in [5, 5.41) is 0. The second-order valence-corrected chi connectivity index (χ2v) is 5.43. The normalized spacial score (nSPS) is 19.6. The van der Waals surface area contributed by atoms with E-state index in [9.17, 15) is 0 Å². The number of benzene rings is 1. The molecule has 1 aromatic carbocycles. The van der Waals surface area contributed by atoms with E-state index in [1.807, 2.05) is 32.9 Å². The van der Waals surface area contributed by atoms with Crippen molar-refractivity contribution in [1.29, 1.82) is 0 Å². The second-order valence-electron chi connectivity index (χ2n) is 5.43. The smallest absolute Gasteiger partial charge is 0.122 e. The van der Waals surface area contributed by atoms with Gasteiger partial charge in [-0.25, -0.2) is 5.48 Å². The molecule has 1 aromatic rings. The van der Waals surface area contributed by atoms with Crippen LogP contribution >= 0.6 is 0 Å². The topological polar surface area (TPSA) is 30.5 Å². The summed E-state index contributed by atoms with van der Waals surface area (Å²) in [6.45, 7) is 7.74. The van der Waals surface area contributed by atoms with Gasteiger partial charge in [0.15, 0.2) is 0 Å². The number of rotatable bonds is 3. The lowest BCUT2D eigenvalue weighted by atomic mass is 9.93. The van der Waals surface area contributed by atoms with Gasteiger partial charge >= 0.3 is 0 Å². The number of ether oxygens (including phenoxy) is 1. The fourth-order valence-electron chi connectivity index (χ4n) is 1.99. The van der Waals surface area contributed by atoms with Crippen molar-refractivity contribution in [1.82, 2.24) is 5.48 Å². The molecule has 2 rings (SSSR count). The van der Waals surface area contributed by atoms with Gasteiger partial charge in [0.2, 0.25) is 0 Å². The molecule has 3 heteroatoms. The van der Waals surface area contributed by atoms with Crippen LogP contribution in [0.3, 0.4) is 0 Å². The molecule has 1 heterocycles. The van der Waals surface area contributed by atoms with Crippen LogP contribution in [0.15, 0.2) is 24.3 Å². The summed E-state index contributed by atoms with van der Waals surface area (Å²) >= 11 is 0. The van der Waals surface area contributed by atoms with E-state index in [1.54, 1.807) is 0 Å². The number of hydrogen-bond donors (Lipinski definition) is 1. The molecule has 1 aliphatic heterocycles. The van der Waals surface area contributed by atoms with Gasteiger partial charge in [-0.15, -0.1) is 0 Å². The van der Waals surface area contributed by atoms with E-state index in [-0.39, 0.29) is 5.60 Å². The summed E-state index contributed by atoms with van der Waals surface area (Å²) < 4.78 is 5.63. The van der Waals surface area contributed by atoms with Crippen LogP contribution in [0.4, 0.5) is 0 Å². The third-order valence-corrected chi connectivity index (χ3v) is 2.79. The molecule has 0 radical (unpaired) electrons. The van der Waals surface area contributed by atoms with Crippen molar-refractivity contribution in [3.05, 3.63) is 29.8 Å². The first kappa shape index (κ1) is 12.4. The maximum Gasteiger partial charge on any atom is 0.122 e. The van der Waals surface area contributed by atoms with Gasteiger partial charge < -0.3 is 4.74 Å². The third-order valence-electron chi connectivity index (χ3n) is 2.79. The first-order chi connectivity index (χ1) is 8.06. The predicted molar refractivity (Wildman–Crippen MR) is 68.1 cm³/mol. The van der Waals surface area contributed by atoms with Crippen molar-refractivity contribution in [2.45, 2.75) is 38.7 Å². The minimum atomic E-state index is -0.148. The first-order valence-electron chi connectivity index (χ1n) is 6.19. The van der Waals surface area contributed by atoms with Crippen molar-refractivity contribution >= 4 is 0 Å². The van der Waals surface area contributed by atoms with Crippen LogP contribution in [0.5, 0.6) is 5.75 Å². The summed E-state index contributed by atoms with van der Waals surface area (Å²) in [6, 6.07) is 8.25. The Morgan fingerprint density at radius 2 is 2.12 bits per heavy atom. The maximum atomic E-state index is 5.63. The van der Waals surface area contributed by atoms with Crippen LogP contribution in [0.2, 0.25) is 0 Å². The summed E-state index contributed by atoms with van der Waals surface area (Å²) in [5.41, 5.74) is 4.21. The Morgan fingerprint density at radius 3 is 2.88 bits per heavy atom. The molecule has 0 saturated heterocycles. The van der Waals surface area contributed by atoms with E-state index in [2.05, 4.69) is 17.6 Å². The summed E-state index contributed by atoms with van der Waals surface area (Å²) in [6.07, 6.45) is 1.04. The minimum Gasteiger partial charge on any atom is -0.493 e. The van der Waals surface area contributed by atoms with Crippen molar-refractivity contribution in [2.24, 2.45) is 0 Å². The molecule has 1 N–H and O–H groups in total. The van der Waals surface area contributed by atoms with Crippen molar-refractivity contribution < 1.29 is 9.57 Å². The number of nitrogens with one attached hydrogen (secondary N) is 1. The fraction of sp³-hybridized carbons (Fsp3) is 0.571. The van der Waals surface area contributed by atoms with E-state index in [0.717, 1.165) is 25.3 Å². The lowest BCUT2D eigenvalue weighted by molar-refractivity contribution is -0.0749. The van der Waals surface area contributed by atoms with Crippen LogP contribution in [0.25, 0.3) is 0 Å². The van der Waals surface area contributed by atoms with Crippen LogP contribution in [-0.4, -0.2) is 18.8 Å². The molecule has 0 aliphatic carbocycles. The Labute approximate surface area is 103 Å². The zero-order valence-corrected chi connectivity index (χ0v) is 10.8. The molecule has 0 aromatic heterocycles. The minimum absolute atomic E-state index is 0.148. The van der Waals surface area contributed by atoms with Gasteiger partial charge in [0.25, 0.3) is 0 Å². The third kappa shape index (κ3) is 3.45. The standard InChI is InChI=1S/C14H21NO2/c1-14(2,3)17-15-10-11-8-9-16-13-7-5-4-6-12(11)13/h4-7,11,15H,8-10H2,1-3H3. The Hall–Kier alpha value is -1.06. The van der Waals surface area contributed by atoms with Gasteiger partial charge in [0.05, 0.1) is 12.2 Å².